The van der Waals surface area contributed by atoms with E-state index in [0.717, 1.165) is 46.8 Å². The van der Waals surface area contributed by atoms with Crippen LogP contribution in [0.5, 0.6) is 0 Å². The lowest BCUT2D eigenvalue weighted by atomic mass is 10.00. The Kier molecular flexibility index (Phi) is 6.08. The van der Waals surface area contributed by atoms with Gasteiger partial charge in [0.25, 0.3) is 0 Å². The molecular formula is C23H26N4O2S. The van der Waals surface area contributed by atoms with Crippen molar-refractivity contribution in [3.8, 4) is 0 Å². The predicted octanol–water partition coefficient (Wildman–Crippen LogP) is 3.99. The molecule has 7 heteroatoms. The molecule has 30 heavy (non-hydrogen) atoms. The summed E-state index contributed by atoms with van der Waals surface area (Å²) in [7, 11) is 0. The number of rotatable bonds is 5. The SMILES string of the molecule is CSc1cccc(NC(=O)Cn2c(=O)nc(N3CCCC(C)C3)c3ccccc32)c1. The highest BCUT2D eigenvalue weighted by Crippen LogP contribution is 2.27. The van der Waals surface area contributed by atoms with E-state index in [1.165, 1.54) is 11.0 Å². The molecule has 0 aliphatic carbocycles. The topological polar surface area (TPSA) is 67.2 Å². The molecule has 1 fully saturated rings. The summed E-state index contributed by atoms with van der Waals surface area (Å²) in [5, 5.41) is 3.80. The molecule has 1 saturated heterocycles. The first-order valence-corrected chi connectivity index (χ1v) is 11.5. The zero-order valence-electron chi connectivity index (χ0n) is 17.3. The van der Waals surface area contributed by atoms with E-state index >= 15 is 0 Å². The lowest BCUT2D eigenvalue weighted by Crippen LogP contribution is -2.38. The van der Waals surface area contributed by atoms with Crippen LogP contribution in [0.1, 0.15) is 19.8 Å². The van der Waals surface area contributed by atoms with Gasteiger partial charge in [-0.15, -0.1) is 11.8 Å². The van der Waals surface area contributed by atoms with Gasteiger partial charge in [-0.2, -0.15) is 4.98 Å². The number of aromatic nitrogens is 2. The summed E-state index contributed by atoms with van der Waals surface area (Å²) in [6, 6.07) is 15.4. The van der Waals surface area contributed by atoms with Gasteiger partial charge in [0.1, 0.15) is 12.4 Å². The van der Waals surface area contributed by atoms with E-state index < -0.39 is 5.69 Å². The molecule has 1 atom stereocenters. The van der Waals surface area contributed by atoms with Gasteiger partial charge < -0.3 is 10.2 Å². The molecule has 0 bridgehead atoms. The molecule has 4 rings (SSSR count). The standard InChI is InChI=1S/C23H26N4O2S/c1-16-7-6-12-26(14-16)22-19-10-3-4-11-20(19)27(23(29)25-22)15-21(28)24-17-8-5-9-18(13-17)30-2/h3-5,8-11,13,16H,6-7,12,14-15H2,1-2H3,(H,24,28). The largest absolute Gasteiger partial charge is 0.356 e. The zero-order valence-corrected chi connectivity index (χ0v) is 18.1. The fourth-order valence-corrected chi connectivity index (χ4v) is 4.49. The number of piperidine rings is 1. The number of benzene rings is 2. The van der Waals surface area contributed by atoms with Crippen molar-refractivity contribution in [2.24, 2.45) is 5.92 Å². The first-order valence-electron chi connectivity index (χ1n) is 10.2. The molecule has 2 aromatic carbocycles. The number of para-hydroxylation sites is 1. The summed E-state index contributed by atoms with van der Waals surface area (Å²) >= 11 is 1.61. The van der Waals surface area contributed by atoms with Crippen LogP contribution in [-0.4, -0.2) is 34.8 Å². The van der Waals surface area contributed by atoms with Crippen molar-refractivity contribution in [1.82, 2.24) is 9.55 Å². The number of fused-ring (bicyclic) bond motifs is 1. The quantitative estimate of drug-likeness (QED) is 0.630. The number of nitrogens with zero attached hydrogens (tertiary/aromatic N) is 3. The van der Waals surface area contributed by atoms with E-state index in [9.17, 15) is 9.59 Å². The lowest BCUT2D eigenvalue weighted by Gasteiger charge is -2.32. The fourth-order valence-electron chi connectivity index (χ4n) is 4.03. The zero-order chi connectivity index (χ0) is 21.1. The molecule has 3 aromatic rings. The average molecular weight is 423 g/mol. The molecule has 1 unspecified atom stereocenters. The van der Waals surface area contributed by atoms with E-state index in [4.69, 9.17) is 0 Å². The molecule has 0 spiro atoms. The highest BCUT2D eigenvalue weighted by Gasteiger charge is 2.21. The van der Waals surface area contributed by atoms with Crippen molar-refractivity contribution in [2.45, 2.75) is 31.2 Å². The smallest absolute Gasteiger partial charge is 0.350 e. The van der Waals surface area contributed by atoms with Crippen LogP contribution in [0.15, 0.2) is 58.2 Å². The second-order valence-electron chi connectivity index (χ2n) is 7.79. The maximum Gasteiger partial charge on any atom is 0.350 e. The molecule has 6 nitrogen and oxygen atoms in total. The van der Waals surface area contributed by atoms with E-state index in [1.54, 1.807) is 11.8 Å². The first kappa shape index (κ1) is 20.5. The second kappa shape index (κ2) is 8.92. The molecule has 0 saturated carbocycles. The van der Waals surface area contributed by atoms with Crippen LogP contribution >= 0.6 is 11.8 Å². The van der Waals surface area contributed by atoms with Crippen LogP contribution in [0.3, 0.4) is 0 Å². The van der Waals surface area contributed by atoms with E-state index in [1.807, 2.05) is 54.8 Å². The Hall–Kier alpha value is -2.80. The maximum absolute atomic E-state index is 12.9. The first-order chi connectivity index (χ1) is 14.5. The highest BCUT2D eigenvalue weighted by atomic mass is 32.2. The highest BCUT2D eigenvalue weighted by molar-refractivity contribution is 7.98. The molecule has 1 amide bonds. The van der Waals surface area contributed by atoms with Crippen LogP contribution < -0.4 is 15.9 Å². The fraction of sp³-hybridized carbons (Fsp3) is 0.348. The number of amides is 1. The van der Waals surface area contributed by atoms with Gasteiger partial charge in [-0.05, 0) is 55.3 Å². The van der Waals surface area contributed by atoms with Gasteiger partial charge >= 0.3 is 5.69 Å². The Morgan fingerprint density at radius 1 is 1.23 bits per heavy atom. The summed E-state index contributed by atoms with van der Waals surface area (Å²) in [6.45, 7) is 3.95. The Labute approximate surface area is 180 Å². The number of nitrogens with one attached hydrogen (secondary N) is 1. The molecule has 1 aliphatic rings. The van der Waals surface area contributed by atoms with Crippen LogP contribution in [0.4, 0.5) is 11.5 Å². The van der Waals surface area contributed by atoms with E-state index in [2.05, 4.69) is 22.1 Å². The Bertz CT molecular complexity index is 1130. The lowest BCUT2D eigenvalue weighted by molar-refractivity contribution is -0.116. The number of hydrogen-bond acceptors (Lipinski definition) is 5. The monoisotopic (exact) mass is 422 g/mol. The van der Waals surface area contributed by atoms with Crippen molar-refractivity contribution in [3.63, 3.8) is 0 Å². The second-order valence-corrected chi connectivity index (χ2v) is 8.67. The van der Waals surface area contributed by atoms with E-state index in [0.29, 0.717) is 5.92 Å². The summed E-state index contributed by atoms with van der Waals surface area (Å²) in [4.78, 5) is 33.3. The minimum atomic E-state index is -0.394. The minimum Gasteiger partial charge on any atom is -0.356 e. The number of hydrogen-bond donors (Lipinski definition) is 1. The molecule has 156 valence electrons. The van der Waals surface area contributed by atoms with Gasteiger partial charge in [0, 0.05) is 29.1 Å². The molecule has 1 aromatic heterocycles. The summed E-state index contributed by atoms with van der Waals surface area (Å²) < 4.78 is 1.46. The van der Waals surface area contributed by atoms with Gasteiger partial charge in [0.05, 0.1) is 5.52 Å². The number of carbonyl (C=O) groups is 1. The van der Waals surface area contributed by atoms with Crippen molar-refractivity contribution < 1.29 is 4.79 Å². The predicted molar refractivity (Wildman–Crippen MR) is 123 cm³/mol. The van der Waals surface area contributed by atoms with Gasteiger partial charge in [-0.3, -0.25) is 9.36 Å². The summed E-state index contributed by atoms with van der Waals surface area (Å²) in [6.07, 6.45) is 4.28. The van der Waals surface area contributed by atoms with Crippen LogP contribution in [-0.2, 0) is 11.3 Å². The number of carbonyl (C=O) groups excluding carboxylic acids is 1. The van der Waals surface area contributed by atoms with Crippen molar-refractivity contribution in [1.29, 1.82) is 0 Å². The third kappa shape index (κ3) is 4.36. The van der Waals surface area contributed by atoms with Crippen molar-refractivity contribution in [2.75, 3.05) is 29.6 Å². The van der Waals surface area contributed by atoms with Crippen molar-refractivity contribution >= 4 is 40.1 Å². The molecule has 2 heterocycles. The third-order valence-electron chi connectivity index (χ3n) is 5.48. The van der Waals surface area contributed by atoms with Gasteiger partial charge in [-0.1, -0.05) is 25.1 Å². The Morgan fingerprint density at radius 2 is 2.07 bits per heavy atom. The molecule has 1 N–H and O–H groups in total. The third-order valence-corrected chi connectivity index (χ3v) is 6.21. The molecule has 1 aliphatic heterocycles. The average Bonchev–Trinajstić information content (AvgIpc) is 2.75. The van der Waals surface area contributed by atoms with Crippen LogP contribution in [0.25, 0.3) is 10.9 Å². The minimum absolute atomic E-state index is 0.0769. The van der Waals surface area contributed by atoms with Gasteiger partial charge in [-0.25, -0.2) is 4.79 Å². The number of anilines is 2. The molecular weight excluding hydrogens is 396 g/mol. The van der Waals surface area contributed by atoms with Crippen LogP contribution in [0.2, 0.25) is 0 Å². The maximum atomic E-state index is 12.9. The van der Waals surface area contributed by atoms with Gasteiger partial charge in [0.2, 0.25) is 5.91 Å². The van der Waals surface area contributed by atoms with Crippen LogP contribution in [0, 0.1) is 5.92 Å². The normalized spacial score (nSPS) is 16.6. The van der Waals surface area contributed by atoms with Gasteiger partial charge in [0.15, 0.2) is 0 Å². The Balaban J connectivity index is 1.64. The summed E-state index contributed by atoms with van der Waals surface area (Å²) in [5.74, 6) is 1.05. The van der Waals surface area contributed by atoms with Crippen molar-refractivity contribution in [3.05, 3.63) is 59.0 Å². The summed E-state index contributed by atoms with van der Waals surface area (Å²) in [5.41, 5.74) is 1.06. The number of thioether (sulfide) groups is 1. The molecule has 0 radical (unpaired) electrons. The van der Waals surface area contributed by atoms with E-state index in [-0.39, 0.29) is 12.5 Å². The Morgan fingerprint density at radius 3 is 2.87 bits per heavy atom.